The number of carbonyl (C=O) groups is 2. The molecule has 0 aliphatic rings. The summed E-state index contributed by atoms with van der Waals surface area (Å²) in [5.41, 5.74) is 5.69. The van der Waals surface area contributed by atoms with Gasteiger partial charge in [0.05, 0.1) is 10.6 Å². The lowest BCUT2D eigenvalue weighted by Crippen LogP contribution is -2.11. The number of carbonyl (C=O) groups excluding carboxylic acids is 1. The van der Waals surface area contributed by atoms with Crippen molar-refractivity contribution in [2.75, 3.05) is 0 Å². The summed E-state index contributed by atoms with van der Waals surface area (Å²) < 4.78 is 13.8. The summed E-state index contributed by atoms with van der Waals surface area (Å²) in [5, 5.41) is 9.34. The van der Waals surface area contributed by atoms with Crippen LogP contribution in [0.5, 0.6) is 0 Å². The predicted octanol–water partition coefficient (Wildman–Crippen LogP) is 2.31. The second-order valence-electron chi connectivity index (χ2n) is 4.15. The molecule has 0 aliphatic heterocycles. The molecule has 2 rings (SSSR count). The number of nitrogens with zero attached hydrogens (tertiary/aromatic N) is 1. The molecule has 0 saturated carbocycles. The zero-order valence-electron chi connectivity index (χ0n) is 10.7. The number of amides is 1. The van der Waals surface area contributed by atoms with Crippen LogP contribution >= 0.6 is 11.8 Å². The van der Waals surface area contributed by atoms with Crippen LogP contribution in [0.1, 0.15) is 26.3 Å². The molecular weight excluding hydrogens is 295 g/mol. The molecule has 1 amide bonds. The maximum atomic E-state index is 13.8. The molecule has 0 bridgehead atoms. The highest BCUT2D eigenvalue weighted by molar-refractivity contribution is 7.98. The van der Waals surface area contributed by atoms with Gasteiger partial charge in [0.1, 0.15) is 5.82 Å². The van der Waals surface area contributed by atoms with E-state index in [1.807, 2.05) is 0 Å². The zero-order valence-corrected chi connectivity index (χ0v) is 11.6. The van der Waals surface area contributed by atoms with Crippen LogP contribution in [0, 0.1) is 5.82 Å². The van der Waals surface area contributed by atoms with Crippen LogP contribution in [0.4, 0.5) is 4.39 Å². The van der Waals surface area contributed by atoms with Gasteiger partial charge >= 0.3 is 5.97 Å². The van der Waals surface area contributed by atoms with Crippen molar-refractivity contribution < 1.29 is 19.1 Å². The van der Waals surface area contributed by atoms with Crippen molar-refractivity contribution in [1.29, 1.82) is 0 Å². The minimum Gasteiger partial charge on any atom is -0.478 e. The van der Waals surface area contributed by atoms with Crippen molar-refractivity contribution in [2.45, 2.75) is 10.8 Å². The molecular formula is C14H11FN2O3S. The molecule has 0 spiro atoms. The van der Waals surface area contributed by atoms with Crippen LogP contribution < -0.4 is 5.73 Å². The molecule has 0 fully saturated rings. The van der Waals surface area contributed by atoms with Gasteiger partial charge in [-0.2, -0.15) is 0 Å². The lowest BCUT2D eigenvalue weighted by molar-refractivity contribution is 0.0696. The number of benzene rings is 1. The quantitative estimate of drug-likeness (QED) is 0.827. The first-order valence-corrected chi connectivity index (χ1v) is 6.86. The highest BCUT2D eigenvalue weighted by Crippen LogP contribution is 2.23. The number of aromatic nitrogens is 1. The summed E-state index contributed by atoms with van der Waals surface area (Å²) in [6, 6.07) is 7.05. The van der Waals surface area contributed by atoms with Crippen molar-refractivity contribution >= 4 is 23.6 Å². The Labute approximate surface area is 124 Å². The van der Waals surface area contributed by atoms with E-state index in [9.17, 15) is 14.0 Å². The van der Waals surface area contributed by atoms with Crippen molar-refractivity contribution in [1.82, 2.24) is 4.98 Å². The number of carboxylic acid groups (broad SMARTS) is 1. The average Bonchev–Trinajstić information content (AvgIpc) is 2.46. The molecule has 0 atom stereocenters. The van der Waals surface area contributed by atoms with Crippen LogP contribution in [0.2, 0.25) is 0 Å². The maximum Gasteiger partial charge on any atom is 0.337 e. The Morgan fingerprint density at radius 3 is 2.48 bits per heavy atom. The van der Waals surface area contributed by atoms with E-state index >= 15 is 0 Å². The molecule has 0 radical (unpaired) electrons. The fourth-order valence-corrected chi connectivity index (χ4v) is 2.39. The minimum absolute atomic E-state index is 0.0938. The number of halogens is 1. The van der Waals surface area contributed by atoms with Crippen LogP contribution in [0.15, 0.2) is 41.6 Å². The van der Waals surface area contributed by atoms with Gasteiger partial charge < -0.3 is 10.8 Å². The van der Waals surface area contributed by atoms with E-state index in [0.29, 0.717) is 16.3 Å². The highest BCUT2D eigenvalue weighted by Gasteiger charge is 2.08. The number of aromatic carboxylic acids is 1. The van der Waals surface area contributed by atoms with Gasteiger partial charge in [0.15, 0.2) is 0 Å². The molecule has 2 aromatic rings. The molecule has 21 heavy (non-hydrogen) atoms. The average molecular weight is 306 g/mol. The number of thioether (sulfide) groups is 1. The number of carboxylic acids is 1. The molecule has 5 nitrogen and oxygen atoms in total. The Bertz CT molecular complexity index is 689. The summed E-state index contributed by atoms with van der Waals surface area (Å²) in [6.45, 7) is 0. The lowest BCUT2D eigenvalue weighted by Gasteiger charge is -2.04. The van der Waals surface area contributed by atoms with Crippen molar-refractivity contribution in [2.24, 2.45) is 5.73 Å². The maximum absolute atomic E-state index is 13.8. The highest BCUT2D eigenvalue weighted by atomic mass is 32.2. The fraction of sp³-hybridized carbons (Fsp3) is 0.0714. The first-order chi connectivity index (χ1) is 9.97. The van der Waals surface area contributed by atoms with Gasteiger partial charge in [-0.3, -0.25) is 4.79 Å². The molecule has 7 heteroatoms. The van der Waals surface area contributed by atoms with E-state index in [1.54, 1.807) is 6.07 Å². The van der Waals surface area contributed by atoms with Crippen molar-refractivity contribution in [3.8, 4) is 0 Å². The number of rotatable bonds is 5. The van der Waals surface area contributed by atoms with Crippen LogP contribution in [0.3, 0.4) is 0 Å². The van der Waals surface area contributed by atoms with Crippen molar-refractivity contribution in [3.63, 3.8) is 0 Å². The fourth-order valence-electron chi connectivity index (χ4n) is 1.56. The van der Waals surface area contributed by atoms with Gasteiger partial charge in [0.2, 0.25) is 5.91 Å². The van der Waals surface area contributed by atoms with Gasteiger partial charge in [-0.05, 0) is 29.8 Å². The smallest absolute Gasteiger partial charge is 0.337 e. The first-order valence-electron chi connectivity index (χ1n) is 5.88. The minimum atomic E-state index is -1.05. The third-order valence-corrected chi connectivity index (χ3v) is 3.69. The first kappa shape index (κ1) is 15.0. The van der Waals surface area contributed by atoms with Gasteiger partial charge in [-0.1, -0.05) is 6.07 Å². The number of nitrogens with two attached hydrogens (primary N) is 1. The third kappa shape index (κ3) is 3.79. The summed E-state index contributed by atoms with van der Waals surface area (Å²) in [5.74, 6) is -1.93. The van der Waals surface area contributed by atoms with E-state index < -0.39 is 17.7 Å². The molecule has 0 saturated heterocycles. The molecule has 1 aromatic carbocycles. The summed E-state index contributed by atoms with van der Waals surface area (Å²) in [6.07, 6.45) is 1.25. The SMILES string of the molecule is NC(=O)c1ccc(CSc2ccc(C(=O)O)cn2)c(F)c1. The zero-order chi connectivity index (χ0) is 15.4. The third-order valence-electron chi connectivity index (χ3n) is 2.70. The Morgan fingerprint density at radius 2 is 1.95 bits per heavy atom. The largest absolute Gasteiger partial charge is 0.478 e. The van der Waals surface area contributed by atoms with E-state index in [-0.39, 0.29) is 11.1 Å². The second kappa shape index (κ2) is 6.36. The molecule has 0 aliphatic carbocycles. The van der Waals surface area contributed by atoms with Crippen LogP contribution in [-0.2, 0) is 5.75 Å². The molecule has 1 aromatic heterocycles. The topological polar surface area (TPSA) is 93.3 Å². The predicted molar refractivity (Wildman–Crippen MR) is 75.7 cm³/mol. The van der Waals surface area contributed by atoms with Gasteiger partial charge in [-0.15, -0.1) is 11.8 Å². The summed E-state index contributed by atoms with van der Waals surface area (Å²) in [7, 11) is 0. The second-order valence-corrected chi connectivity index (χ2v) is 5.15. The Hall–Kier alpha value is -2.41. The van der Waals surface area contributed by atoms with E-state index in [4.69, 9.17) is 10.8 Å². The van der Waals surface area contributed by atoms with Crippen LogP contribution in [0.25, 0.3) is 0 Å². The normalized spacial score (nSPS) is 10.3. The monoisotopic (exact) mass is 306 g/mol. The van der Waals surface area contributed by atoms with Crippen molar-refractivity contribution in [3.05, 3.63) is 59.0 Å². The Morgan fingerprint density at radius 1 is 1.24 bits per heavy atom. The molecule has 3 N–H and O–H groups in total. The summed E-state index contributed by atoms with van der Waals surface area (Å²) in [4.78, 5) is 25.6. The van der Waals surface area contributed by atoms with Gasteiger partial charge in [-0.25, -0.2) is 14.2 Å². The van der Waals surface area contributed by atoms with Crippen LogP contribution in [-0.4, -0.2) is 22.0 Å². The Balaban J connectivity index is 2.06. The standard InChI is InChI=1S/C14H11FN2O3S/c15-11-5-8(13(16)18)1-2-10(11)7-21-12-4-3-9(6-17-12)14(19)20/h1-6H,7H2,(H2,16,18)(H,19,20). The number of pyridine rings is 1. The van der Waals surface area contributed by atoms with Gasteiger partial charge in [0.25, 0.3) is 0 Å². The summed E-state index contributed by atoms with van der Waals surface area (Å²) >= 11 is 1.26. The van der Waals surface area contributed by atoms with E-state index in [1.165, 1.54) is 36.2 Å². The van der Waals surface area contributed by atoms with Gasteiger partial charge in [0, 0.05) is 17.5 Å². The molecule has 108 valence electrons. The lowest BCUT2D eigenvalue weighted by atomic mass is 10.1. The Kier molecular flexibility index (Phi) is 4.54. The number of hydrogen-bond donors (Lipinski definition) is 2. The molecule has 0 unspecified atom stereocenters. The number of hydrogen-bond acceptors (Lipinski definition) is 4. The molecule has 1 heterocycles. The van der Waals surface area contributed by atoms with E-state index in [2.05, 4.69) is 4.98 Å². The van der Waals surface area contributed by atoms with E-state index in [0.717, 1.165) is 6.07 Å². The number of primary amides is 1.